The standard InChI is InChI=1S/C15H16N6O3/c1-2-24-15(23)17-13-8-20(19-18-13)9-14(22)21-7-6-10-11(16)4-3-5-12(10)21/h3-8H,2,9,16H2,1H3,(H,17,23). The van der Waals surface area contributed by atoms with E-state index >= 15 is 0 Å². The number of nitrogens with two attached hydrogens (primary N) is 1. The predicted octanol–water partition coefficient (Wildman–Crippen LogP) is 1.72. The molecule has 3 N–H and O–H groups in total. The van der Waals surface area contributed by atoms with Crippen molar-refractivity contribution >= 4 is 34.4 Å². The summed E-state index contributed by atoms with van der Waals surface area (Å²) in [5.74, 6) is 0.00560. The maximum absolute atomic E-state index is 12.5. The summed E-state index contributed by atoms with van der Waals surface area (Å²) in [7, 11) is 0. The molecule has 2 heterocycles. The topological polar surface area (TPSA) is 117 Å². The highest BCUT2D eigenvalue weighted by Crippen LogP contribution is 2.21. The van der Waals surface area contributed by atoms with Gasteiger partial charge in [0.2, 0.25) is 0 Å². The number of carbonyl (C=O) groups is 2. The van der Waals surface area contributed by atoms with Gasteiger partial charge in [0.15, 0.2) is 5.82 Å². The highest BCUT2D eigenvalue weighted by Gasteiger charge is 2.13. The summed E-state index contributed by atoms with van der Waals surface area (Å²) in [6.45, 7) is 1.92. The number of aromatic nitrogens is 4. The van der Waals surface area contributed by atoms with Crippen LogP contribution in [0.2, 0.25) is 0 Å². The fraction of sp³-hybridized carbons (Fsp3) is 0.200. The van der Waals surface area contributed by atoms with E-state index in [-0.39, 0.29) is 24.9 Å². The molecule has 0 aliphatic heterocycles. The maximum atomic E-state index is 12.5. The summed E-state index contributed by atoms with van der Waals surface area (Å²) in [6.07, 6.45) is 2.50. The monoisotopic (exact) mass is 328 g/mol. The van der Waals surface area contributed by atoms with Crippen LogP contribution in [0.1, 0.15) is 11.7 Å². The van der Waals surface area contributed by atoms with E-state index in [0.29, 0.717) is 5.69 Å². The van der Waals surface area contributed by atoms with Crippen LogP contribution in [0.15, 0.2) is 36.7 Å². The third kappa shape index (κ3) is 3.05. The number of nitrogen functional groups attached to an aromatic ring is 1. The van der Waals surface area contributed by atoms with Crippen LogP contribution in [0, 0.1) is 0 Å². The van der Waals surface area contributed by atoms with E-state index < -0.39 is 6.09 Å². The Balaban J connectivity index is 1.74. The van der Waals surface area contributed by atoms with E-state index in [1.54, 1.807) is 31.3 Å². The Hall–Kier alpha value is -3.36. The molecule has 1 aromatic carbocycles. The average molecular weight is 328 g/mol. The second-order valence-corrected chi connectivity index (χ2v) is 5.01. The lowest BCUT2D eigenvalue weighted by atomic mass is 10.2. The summed E-state index contributed by atoms with van der Waals surface area (Å²) >= 11 is 0. The summed E-state index contributed by atoms with van der Waals surface area (Å²) in [4.78, 5) is 23.8. The smallest absolute Gasteiger partial charge is 0.412 e. The van der Waals surface area contributed by atoms with Crippen molar-refractivity contribution < 1.29 is 14.3 Å². The molecule has 0 saturated carbocycles. The number of rotatable bonds is 4. The lowest BCUT2D eigenvalue weighted by molar-refractivity contribution is 0.0891. The first-order valence-electron chi connectivity index (χ1n) is 7.31. The van der Waals surface area contributed by atoms with Gasteiger partial charge in [0.05, 0.1) is 18.3 Å². The summed E-state index contributed by atoms with van der Waals surface area (Å²) in [6, 6.07) is 7.18. The molecule has 0 aliphatic rings. The van der Waals surface area contributed by atoms with Gasteiger partial charge in [-0.15, -0.1) is 5.10 Å². The highest BCUT2D eigenvalue weighted by atomic mass is 16.5. The fourth-order valence-corrected chi connectivity index (χ4v) is 2.33. The molecule has 0 fully saturated rings. The number of benzene rings is 1. The molecule has 1 amide bonds. The average Bonchev–Trinajstić information content (AvgIpc) is 3.15. The number of amides is 1. The molecule has 0 radical (unpaired) electrons. The van der Waals surface area contributed by atoms with Crippen LogP contribution in [0.25, 0.3) is 10.9 Å². The summed E-state index contributed by atoms with van der Waals surface area (Å²) in [5, 5.41) is 10.8. The molecule has 24 heavy (non-hydrogen) atoms. The van der Waals surface area contributed by atoms with E-state index in [1.807, 2.05) is 6.07 Å². The minimum absolute atomic E-state index is 0.0317. The third-order valence-corrected chi connectivity index (χ3v) is 3.38. The lowest BCUT2D eigenvalue weighted by Crippen LogP contribution is -2.17. The van der Waals surface area contributed by atoms with Gasteiger partial charge in [-0.1, -0.05) is 11.3 Å². The van der Waals surface area contributed by atoms with Crippen LogP contribution in [0.3, 0.4) is 0 Å². The molecule has 9 heteroatoms. The molecular weight excluding hydrogens is 312 g/mol. The van der Waals surface area contributed by atoms with Crippen LogP contribution >= 0.6 is 0 Å². The van der Waals surface area contributed by atoms with Gasteiger partial charge in [0, 0.05) is 17.3 Å². The Morgan fingerprint density at radius 3 is 2.96 bits per heavy atom. The number of fused-ring (bicyclic) bond motifs is 1. The predicted molar refractivity (Wildman–Crippen MR) is 87.6 cm³/mol. The van der Waals surface area contributed by atoms with Crippen molar-refractivity contribution in [3.05, 3.63) is 36.7 Å². The highest BCUT2D eigenvalue weighted by molar-refractivity contribution is 5.97. The van der Waals surface area contributed by atoms with Crippen molar-refractivity contribution in [1.82, 2.24) is 19.6 Å². The molecule has 0 atom stereocenters. The molecular formula is C15H16N6O3. The van der Waals surface area contributed by atoms with Gasteiger partial charge in [-0.05, 0) is 25.1 Å². The van der Waals surface area contributed by atoms with Gasteiger partial charge in [0.25, 0.3) is 5.91 Å². The number of hydrogen-bond donors (Lipinski definition) is 2. The maximum Gasteiger partial charge on any atom is 0.412 e. The zero-order valence-corrected chi connectivity index (χ0v) is 13.0. The van der Waals surface area contributed by atoms with Gasteiger partial charge >= 0.3 is 6.09 Å². The van der Waals surface area contributed by atoms with Crippen molar-refractivity contribution in [2.75, 3.05) is 17.7 Å². The number of carbonyl (C=O) groups excluding carboxylic acids is 2. The van der Waals surface area contributed by atoms with Crippen molar-refractivity contribution in [3.63, 3.8) is 0 Å². The van der Waals surface area contributed by atoms with E-state index in [4.69, 9.17) is 10.5 Å². The normalized spacial score (nSPS) is 10.7. The number of hydrogen-bond acceptors (Lipinski definition) is 6. The van der Waals surface area contributed by atoms with Gasteiger partial charge < -0.3 is 10.5 Å². The van der Waals surface area contributed by atoms with Gasteiger partial charge in [-0.3, -0.25) is 14.7 Å². The Bertz CT molecular complexity index is 898. The molecule has 124 valence electrons. The second kappa shape index (κ2) is 6.41. The lowest BCUT2D eigenvalue weighted by Gasteiger charge is -2.04. The Morgan fingerprint density at radius 2 is 2.17 bits per heavy atom. The van der Waals surface area contributed by atoms with E-state index in [9.17, 15) is 9.59 Å². The minimum Gasteiger partial charge on any atom is -0.450 e. The molecule has 2 aromatic heterocycles. The molecule has 9 nitrogen and oxygen atoms in total. The summed E-state index contributed by atoms with van der Waals surface area (Å²) < 4.78 is 7.59. The Labute approximate surface area is 137 Å². The Morgan fingerprint density at radius 1 is 1.33 bits per heavy atom. The zero-order chi connectivity index (χ0) is 17.1. The number of ether oxygens (including phenoxy) is 1. The zero-order valence-electron chi connectivity index (χ0n) is 13.0. The van der Waals surface area contributed by atoms with Crippen molar-refractivity contribution in [1.29, 1.82) is 0 Å². The number of nitrogens with zero attached hydrogens (tertiary/aromatic N) is 4. The van der Waals surface area contributed by atoms with Gasteiger partial charge in [-0.25, -0.2) is 9.48 Å². The fourth-order valence-electron chi connectivity index (χ4n) is 2.33. The molecule has 0 bridgehead atoms. The van der Waals surface area contributed by atoms with Crippen LogP contribution in [-0.4, -0.2) is 38.2 Å². The largest absolute Gasteiger partial charge is 0.450 e. The molecule has 3 aromatic rings. The first-order valence-corrected chi connectivity index (χ1v) is 7.31. The third-order valence-electron chi connectivity index (χ3n) is 3.38. The van der Waals surface area contributed by atoms with Crippen LogP contribution in [0.5, 0.6) is 0 Å². The molecule has 0 aliphatic carbocycles. The van der Waals surface area contributed by atoms with E-state index in [2.05, 4.69) is 15.6 Å². The van der Waals surface area contributed by atoms with Crippen LogP contribution in [0.4, 0.5) is 16.3 Å². The van der Waals surface area contributed by atoms with Crippen molar-refractivity contribution in [2.45, 2.75) is 13.5 Å². The molecule has 0 spiro atoms. The Kier molecular flexibility index (Phi) is 4.15. The van der Waals surface area contributed by atoms with E-state index in [0.717, 1.165) is 10.9 Å². The molecule has 3 rings (SSSR count). The number of nitrogens with one attached hydrogen (secondary N) is 1. The number of anilines is 2. The van der Waals surface area contributed by atoms with E-state index in [1.165, 1.54) is 15.4 Å². The van der Waals surface area contributed by atoms with Crippen LogP contribution < -0.4 is 11.1 Å². The van der Waals surface area contributed by atoms with Crippen molar-refractivity contribution in [2.24, 2.45) is 0 Å². The quantitative estimate of drug-likeness (QED) is 0.704. The minimum atomic E-state index is -0.622. The summed E-state index contributed by atoms with van der Waals surface area (Å²) in [5.41, 5.74) is 7.23. The second-order valence-electron chi connectivity index (χ2n) is 5.01. The van der Waals surface area contributed by atoms with Gasteiger partial charge in [-0.2, -0.15) is 0 Å². The van der Waals surface area contributed by atoms with Crippen molar-refractivity contribution in [3.8, 4) is 0 Å². The molecule has 0 saturated heterocycles. The van der Waals surface area contributed by atoms with Crippen LogP contribution in [-0.2, 0) is 11.3 Å². The SMILES string of the molecule is CCOC(=O)Nc1cn(CC(=O)n2ccc3c(N)cccc32)nn1. The first kappa shape index (κ1) is 15.5. The van der Waals surface area contributed by atoms with Gasteiger partial charge in [0.1, 0.15) is 6.54 Å². The first-order chi connectivity index (χ1) is 11.6. The molecule has 0 unspecified atom stereocenters.